The third-order valence-corrected chi connectivity index (χ3v) is 5.48. The van der Waals surface area contributed by atoms with Gasteiger partial charge in [0.05, 0.1) is 27.8 Å². The van der Waals surface area contributed by atoms with E-state index in [1.54, 1.807) is 24.3 Å². The molecular formula is C19H15Cl2NO3S. The number of anilines is 1. The van der Waals surface area contributed by atoms with Crippen molar-refractivity contribution in [2.24, 2.45) is 0 Å². The van der Waals surface area contributed by atoms with Crippen LogP contribution in [0.2, 0.25) is 10.0 Å². The van der Waals surface area contributed by atoms with Gasteiger partial charge in [-0.25, -0.2) is 4.90 Å². The zero-order chi connectivity index (χ0) is 18.8. The molecule has 1 aliphatic rings. The maximum Gasteiger partial charge on any atom is 0.272 e. The Bertz CT molecular complexity index is 910. The molecule has 2 aromatic carbocycles. The van der Waals surface area contributed by atoms with Gasteiger partial charge in [0.25, 0.3) is 11.8 Å². The average molecular weight is 408 g/mol. The summed E-state index contributed by atoms with van der Waals surface area (Å²) < 4.78 is 0. The second kappa shape index (κ2) is 7.84. The summed E-state index contributed by atoms with van der Waals surface area (Å²) >= 11 is 13.4. The number of thioether (sulfide) groups is 1. The SMILES string of the molecule is Cc1ccc(C2=C(SCCO)C(=O)N(c3cc(Cl)ccc3Cl)C2=O)cc1. The Hall–Kier alpha value is -1.79. The van der Waals surface area contributed by atoms with Gasteiger partial charge in [-0.1, -0.05) is 53.0 Å². The normalized spacial score (nSPS) is 14.5. The molecule has 0 saturated carbocycles. The lowest BCUT2D eigenvalue weighted by Crippen LogP contribution is -2.31. The van der Waals surface area contributed by atoms with Crippen molar-refractivity contribution < 1.29 is 14.7 Å². The summed E-state index contributed by atoms with van der Waals surface area (Å²) in [7, 11) is 0. The van der Waals surface area contributed by atoms with E-state index in [0.29, 0.717) is 26.8 Å². The summed E-state index contributed by atoms with van der Waals surface area (Å²) in [4.78, 5) is 27.4. The number of benzene rings is 2. The summed E-state index contributed by atoms with van der Waals surface area (Å²) in [5, 5.41) is 9.77. The zero-order valence-corrected chi connectivity index (χ0v) is 16.2. The number of amides is 2. The first-order valence-electron chi connectivity index (χ1n) is 7.83. The molecule has 0 atom stereocenters. The number of hydrogen-bond acceptors (Lipinski definition) is 4. The number of aryl methyl sites for hydroxylation is 1. The highest BCUT2D eigenvalue weighted by molar-refractivity contribution is 8.04. The van der Waals surface area contributed by atoms with Crippen LogP contribution in [0.25, 0.3) is 5.57 Å². The molecule has 2 aromatic rings. The Morgan fingerprint density at radius 1 is 1.04 bits per heavy atom. The molecule has 0 radical (unpaired) electrons. The summed E-state index contributed by atoms with van der Waals surface area (Å²) in [6.45, 7) is 1.84. The standard InChI is InChI=1S/C19H15Cl2NO3S/c1-11-2-4-12(5-3-11)16-17(26-9-8-23)19(25)22(18(16)24)15-10-13(20)6-7-14(15)21/h2-7,10,23H,8-9H2,1H3. The molecule has 0 bridgehead atoms. The summed E-state index contributed by atoms with van der Waals surface area (Å²) in [5.74, 6) is -0.613. The molecule has 134 valence electrons. The van der Waals surface area contributed by atoms with Crippen molar-refractivity contribution in [1.82, 2.24) is 0 Å². The van der Waals surface area contributed by atoms with E-state index in [1.807, 2.05) is 19.1 Å². The lowest BCUT2D eigenvalue weighted by atomic mass is 10.0. The Labute approximate surface area is 165 Å². The molecule has 0 spiro atoms. The van der Waals surface area contributed by atoms with Crippen LogP contribution in [0.4, 0.5) is 5.69 Å². The summed E-state index contributed by atoms with van der Waals surface area (Å²) in [6, 6.07) is 12.0. The van der Waals surface area contributed by atoms with Crippen molar-refractivity contribution in [3.63, 3.8) is 0 Å². The lowest BCUT2D eigenvalue weighted by Gasteiger charge is -2.17. The van der Waals surface area contributed by atoms with Crippen molar-refractivity contribution in [3.05, 3.63) is 68.5 Å². The van der Waals surface area contributed by atoms with Crippen LogP contribution in [0, 0.1) is 6.92 Å². The first-order chi connectivity index (χ1) is 12.4. The Balaban J connectivity index is 2.11. The molecule has 7 heteroatoms. The Morgan fingerprint density at radius 3 is 2.38 bits per heavy atom. The summed E-state index contributed by atoms with van der Waals surface area (Å²) in [6.07, 6.45) is 0. The average Bonchev–Trinajstić information content (AvgIpc) is 2.86. The van der Waals surface area contributed by atoms with Crippen LogP contribution in [0.3, 0.4) is 0 Å². The first-order valence-corrected chi connectivity index (χ1v) is 9.57. The highest BCUT2D eigenvalue weighted by atomic mass is 35.5. The zero-order valence-electron chi connectivity index (χ0n) is 13.8. The van der Waals surface area contributed by atoms with Crippen LogP contribution in [-0.4, -0.2) is 29.3 Å². The number of aliphatic hydroxyl groups excluding tert-OH is 1. The van der Waals surface area contributed by atoms with E-state index < -0.39 is 11.8 Å². The monoisotopic (exact) mass is 407 g/mol. The van der Waals surface area contributed by atoms with E-state index >= 15 is 0 Å². The number of imide groups is 1. The van der Waals surface area contributed by atoms with E-state index in [0.717, 1.165) is 22.2 Å². The number of nitrogens with zero attached hydrogens (tertiary/aromatic N) is 1. The lowest BCUT2D eigenvalue weighted by molar-refractivity contribution is -0.119. The van der Waals surface area contributed by atoms with Gasteiger partial charge in [-0.3, -0.25) is 9.59 Å². The number of hydrogen-bond donors (Lipinski definition) is 1. The molecule has 3 rings (SSSR count). The molecule has 0 aliphatic carbocycles. The maximum atomic E-state index is 13.1. The molecule has 1 N–H and O–H groups in total. The van der Waals surface area contributed by atoms with Gasteiger partial charge in [0.15, 0.2) is 0 Å². The minimum absolute atomic E-state index is 0.102. The predicted octanol–water partition coefficient (Wildman–Crippen LogP) is 4.31. The molecule has 4 nitrogen and oxygen atoms in total. The number of aliphatic hydroxyl groups is 1. The van der Waals surface area contributed by atoms with Crippen molar-refractivity contribution in [3.8, 4) is 0 Å². The van der Waals surface area contributed by atoms with Gasteiger partial charge in [0.1, 0.15) is 0 Å². The van der Waals surface area contributed by atoms with Crippen LogP contribution in [0.15, 0.2) is 47.4 Å². The van der Waals surface area contributed by atoms with Crippen LogP contribution < -0.4 is 4.90 Å². The van der Waals surface area contributed by atoms with E-state index in [2.05, 4.69) is 0 Å². The Kier molecular flexibility index (Phi) is 5.73. The van der Waals surface area contributed by atoms with Crippen LogP contribution in [-0.2, 0) is 9.59 Å². The van der Waals surface area contributed by atoms with Gasteiger partial charge in [-0.2, -0.15) is 0 Å². The van der Waals surface area contributed by atoms with Crippen LogP contribution in [0.5, 0.6) is 0 Å². The van der Waals surface area contributed by atoms with Crippen molar-refractivity contribution in [2.45, 2.75) is 6.92 Å². The summed E-state index contributed by atoms with van der Waals surface area (Å²) in [5.41, 5.74) is 2.25. The van der Waals surface area contributed by atoms with E-state index in [4.69, 9.17) is 28.3 Å². The largest absolute Gasteiger partial charge is 0.396 e. The number of carbonyl (C=O) groups is 2. The third kappa shape index (κ3) is 3.53. The smallest absolute Gasteiger partial charge is 0.272 e. The Morgan fingerprint density at radius 2 is 1.73 bits per heavy atom. The number of halogens is 2. The number of rotatable bonds is 5. The van der Waals surface area contributed by atoms with Gasteiger partial charge < -0.3 is 5.11 Å². The molecule has 0 saturated heterocycles. The van der Waals surface area contributed by atoms with Crippen LogP contribution >= 0.6 is 35.0 Å². The molecule has 0 aromatic heterocycles. The first kappa shape index (κ1) is 19.0. The van der Waals surface area contributed by atoms with E-state index in [1.165, 1.54) is 6.07 Å². The minimum atomic E-state index is -0.465. The van der Waals surface area contributed by atoms with Gasteiger partial charge in [0.2, 0.25) is 0 Å². The highest BCUT2D eigenvalue weighted by Crippen LogP contribution is 2.41. The van der Waals surface area contributed by atoms with Gasteiger partial charge in [0, 0.05) is 10.8 Å². The van der Waals surface area contributed by atoms with Crippen molar-refractivity contribution >= 4 is 58.0 Å². The molecular weight excluding hydrogens is 393 g/mol. The molecule has 2 amide bonds. The molecule has 0 fully saturated rings. The fourth-order valence-corrected chi connectivity index (χ4v) is 3.87. The van der Waals surface area contributed by atoms with E-state index in [-0.39, 0.29) is 17.3 Å². The second-order valence-corrected chi connectivity index (χ2v) is 7.63. The highest BCUT2D eigenvalue weighted by Gasteiger charge is 2.40. The van der Waals surface area contributed by atoms with Gasteiger partial charge in [-0.15, -0.1) is 11.8 Å². The molecule has 26 heavy (non-hydrogen) atoms. The molecule has 0 unspecified atom stereocenters. The quantitative estimate of drug-likeness (QED) is 0.750. The minimum Gasteiger partial charge on any atom is -0.396 e. The fraction of sp³-hybridized carbons (Fsp3) is 0.158. The maximum absolute atomic E-state index is 13.1. The van der Waals surface area contributed by atoms with Crippen molar-refractivity contribution in [1.29, 1.82) is 0 Å². The third-order valence-electron chi connectivity index (χ3n) is 3.87. The van der Waals surface area contributed by atoms with E-state index in [9.17, 15) is 9.59 Å². The van der Waals surface area contributed by atoms with Crippen LogP contribution in [0.1, 0.15) is 11.1 Å². The van der Waals surface area contributed by atoms with Gasteiger partial charge in [-0.05, 0) is 30.7 Å². The second-order valence-electron chi connectivity index (χ2n) is 5.68. The molecule has 1 aliphatic heterocycles. The fourth-order valence-electron chi connectivity index (χ4n) is 2.64. The molecule has 1 heterocycles. The van der Waals surface area contributed by atoms with Gasteiger partial charge >= 0.3 is 0 Å². The number of carbonyl (C=O) groups excluding carboxylic acids is 2. The van der Waals surface area contributed by atoms with Crippen molar-refractivity contribution in [2.75, 3.05) is 17.3 Å². The topological polar surface area (TPSA) is 57.6 Å². The predicted molar refractivity (Wildman–Crippen MR) is 107 cm³/mol.